The zero-order valence-electron chi connectivity index (χ0n) is 11.7. The average Bonchev–Trinajstić information content (AvgIpc) is 2.72. The van der Waals surface area contributed by atoms with Crippen molar-refractivity contribution in [2.75, 3.05) is 12.4 Å². The van der Waals surface area contributed by atoms with Gasteiger partial charge in [-0.25, -0.2) is 4.99 Å². The van der Waals surface area contributed by atoms with Gasteiger partial charge in [0.1, 0.15) is 10.9 Å². The van der Waals surface area contributed by atoms with E-state index in [9.17, 15) is 0 Å². The summed E-state index contributed by atoms with van der Waals surface area (Å²) in [7, 11) is 3.43. The van der Waals surface area contributed by atoms with Crippen molar-refractivity contribution in [2.45, 2.75) is 6.54 Å². The van der Waals surface area contributed by atoms with Crippen LogP contribution in [0.1, 0.15) is 5.69 Å². The maximum Gasteiger partial charge on any atom is 0.193 e. The summed E-state index contributed by atoms with van der Waals surface area (Å²) in [5, 5.41) is 3.99. The summed E-state index contributed by atoms with van der Waals surface area (Å²) in [6.45, 7) is 0.381. The molecule has 21 heavy (non-hydrogen) atoms. The molecule has 1 heterocycles. The molecule has 0 atom stereocenters. The number of anilines is 1. The van der Waals surface area contributed by atoms with Crippen LogP contribution in [0.4, 0.5) is 5.69 Å². The molecule has 0 radical (unpaired) electrons. The van der Waals surface area contributed by atoms with E-state index in [2.05, 4.69) is 10.3 Å². The molecule has 3 N–H and O–H groups in total. The molecule has 0 saturated heterocycles. The fraction of sp³-hybridized carbons (Fsp3) is 0.214. The predicted octanol–water partition coefficient (Wildman–Crippen LogP) is 3.27. The van der Waals surface area contributed by atoms with Gasteiger partial charge in [0.15, 0.2) is 5.96 Å². The number of hydrogen-bond donors (Lipinski definition) is 2. The summed E-state index contributed by atoms with van der Waals surface area (Å²) in [6, 6.07) is 9.20. The smallest absolute Gasteiger partial charge is 0.193 e. The number of aromatic nitrogens is 1. The van der Waals surface area contributed by atoms with Gasteiger partial charge in [0.25, 0.3) is 0 Å². The van der Waals surface area contributed by atoms with Crippen molar-refractivity contribution in [3.63, 3.8) is 0 Å². The monoisotopic (exact) mass is 326 g/mol. The average molecular weight is 327 g/mol. The topological polar surface area (TPSA) is 64.6 Å². The molecule has 0 aliphatic heterocycles. The lowest BCUT2D eigenvalue weighted by Crippen LogP contribution is -2.22. The SMILES string of the molecule is COc1cccc(NC(N)=NCc2cc(Cl)c(Cl)n2C)c1. The molecule has 1 aromatic heterocycles. The second kappa shape index (κ2) is 6.74. The largest absolute Gasteiger partial charge is 0.497 e. The second-order valence-electron chi connectivity index (χ2n) is 4.39. The van der Waals surface area contributed by atoms with Gasteiger partial charge in [-0.05, 0) is 18.2 Å². The number of aliphatic imine (C=N–C) groups is 1. The van der Waals surface area contributed by atoms with Crippen LogP contribution in [-0.2, 0) is 13.6 Å². The lowest BCUT2D eigenvalue weighted by Gasteiger charge is -2.07. The first-order valence-electron chi connectivity index (χ1n) is 6.22. The fourth-order valence-electron chi connectivity index (χ4n) is 1.80. The van der Waals surface area contributed by atoms with Gasteiger partial charge < -0.3 is 20.4 Å². The lowest BCUT2D eigenvalue weighted by molar-refractivity contribution is 0.415. The van der Waals surface area contributed by atoms with E-state index >= 15 is 0 Å². The van der Waals surface area contributed by atoms with Crippen LogP contribution in [0.5, 0.6) is 5.75 Å². The van der Waals surface area contributed by atoms with Crippen LogP contribution in [0.2, 0.25) is 10.2 Å². The van der Waals surface area contributed by atoms with Crippen molar-refractivity contribution in [3.8, 4) is 5.75 Å². The van der Waals surface area contributed by atoms with Crippen molar-refractivity contribution >= 4 is 34.8 Å². The molecule has 112 valence electrons. The Labute approximate surface area is 133 Å². The highest BCUT2D eigenvalue weighted by atomic mass is 35.5. The third-order valence-electron chi connectivity index (χ3n) is 2.97. The number of halogens is 2. The molecular weight excluding hydrogens is 311 g/mol. The molecule has 1 aromatic carbocycles. The first-order valence-corrected chi connectivity index (χ1v) is 6.97. The Hall–Kier alpha value is -1.85. The maximum absolute atomic E-state index is 6.00. The molecule has 0 aliphatic rings. The first kappa shape index (κ1) is 15.5. The summed E-state index contributed by atoms with van der Waals surface area (Å²) in [5.74, 6) is 1.05. The number of nitrogens with zero attached hydrogens (tertiary/aromatic N) is 2. The third kappa shape index (κ3) is 3.83. The highest BCUT2D eigenvalue weighted by Crippen LogP contribution is 2.25. The Morgan fingerprint density at radius 3 is 2.76 bits per heavy atom. The molecule has 0 spiro atoms. The Morgan fingerprint density at radius 1 is 1.38 bits per heavy atom. The van der Waals surface area contributed by atoms with Gasteiger partial charge >= 0.3 is 0 Å². The van der Waals surface area contributed by atoms with Crippen LogP contribution < -0.4 is 15.8 Å². The van der Waals surface area contributed by atoms with E-state index in [1.54, 1.807) is 17.7 Å². The van der Waals surface area contributed by atoms with Crippen molar-refractivity contribution in [1.82, 2.24) is 4.57 Å². The number of nitrogens with one attached hydrogen (secondary N) is 1. The molecule has 0 unspecified atom stereocenters. The number of nitrogens with two attached hydrogens (primary N) is 1. The zero-order valence-corrected chi connectivity index (χ0v) is 13.2. The Kier molecular flexibility index (Phi) is 4.98. The molecule has 7 heteroatoms. The highest BCUT2D eigenvalue weighted by Gasteiger charge is 2.08. The number of ether oxygens (including phenoxy) is 1. The van der Waals surface area contributed by atoms with E-state index in [-0.39, 0.29) is 0 Å². The van der Waals surface area contributed by atoms with Crippen LogP contribution in [0, 0.1) is 0 Å². The van der Waals surface area contributed by atoms with Crippen LogP contribution in [0.3, 0.4) is 0 Å². The molecule has 0 bridgehead atoms. The lowest BCUT2D eigenvalue weighted by atomic mass is 10.3. The molecule has 2 rings (SSSR count). The molecule has 0 fully saturated rings. The quantitative estimate of drug-likeness (QED) is 0.669. The summed E-state index contributed by atoms with van der Waals surface area (Å²) >= 11 is 11.9. The van der Waals surface area contributed by atoms with E-state index < -0.39 is 0 Å². The number of rotatable bonds is 4. The van der Waals surface area contributed by atoms with Crippen molar-refractivity contribution in [1.29, 1.82) is 0 Å². The normalized spacial score (nSPS) is 11.5. The molecule has 0 saturated carbocycles. The Morgan fingerprint density at radius 2 is 2.14 bits per heavy atom. The summed E-state index contributed by atoms with van der Waals surface area (Å²) in [4.78, 5) is 4.26. The van der Waals surface area contributed by atoms with E-state index in [0.717, 1.165) is 17.1 Å². The summed E-state index contributed by atoms with van der Waals surface area (Å²) in [5.41, 5.74) is 7.54. The fourth-order valence-corrected chi connectivity index (χ4v) is 2.21. The van der Waals surface area contributed by atoms with Crippen LogP contribution in [-0.4, -0.2) is 17.6 Å². The second-order valence-corrected chi connectivity index (χ2v) is 5.16. The van der Waals surface area contributed by atoms with Gasteiger partial charge in [-0.3, -0.25) is 0 Å². The number of methoxy groups -OCH3 is 1. The molecule has 0 aliphatic carbocycles. The molecular formula is C14H16Cl2N4O. The van der Waals surface area contributed by atoms with Crippen molar-refractivity contribution in [2.24, 2.45) is 17.8 Å². The standard InChI is InChI=1S/C14H16Cl2N4O/c1-20-10(7-12(15)13(20)16)8-18-14(17)19-9-4-3-5-11(6-9)21-2/h3-7H,8H2,1-2H3,(H3,17,18,19). The number of benzene rings is 1. The molecule has 0 amide bonds. The zero-order chi connectivity index (χ0) is 15.4. The van der Waals surface area contributed by atoms with Gasteiger partial charge in [0.05, 0.1) is 18.7 Å². The molecule has 2 aromatic rings. The minimum absolute atomic E-state index is 0.302. The highest BCUT2D eigenvalue weighted by molar-refractivity contribution is 6.41. The minimum Gasteiger partial charge on any atom is -0.497 e. The van der Waals surface area contributed by atoms with Crippen molar-refractivity contribution < 1.29 is 4.74 Å². The van der Waals surface area contributed by atoms with Gasteiger partial charge in [0, 0.05) is 24.5 Å². The van der Waals surface area contributed by atoms with E-state index in [1.165, 1.54) is 0 Å². The van der Waals surface area contributed by atoms with E-state index in [4.69, 9.17) is 33.7 Å². The van der Waals surface area contributed by atoms with Crippen LogP contribution >= 0.6 is 23.2 Å². The Balaban J connectivity index is 2.05. The Bertz CT molecular complexity index is 667. The first-order chi connectivity index (χ1) is 10.0. The van der Waals surface area contributed by atoms with Gasteiger partial charge in [-0.1, -0.05) is 29.3 Å². The van der Waals surface area contributed by atoms with Gasteiger partial charge in [-0.15, -0.1) is 0 Å². The third-order valence-corrected chi connectivity index (χ3v) is 3.81. The van der Waals surface area contributed by atoms with E-state index in [0.29, 0.717) is 22.7 Å². The van der Waals surface area contributed by atoms with E-state index in [1.807, 2.05) is 31.3 Å². The van der Waals surface area contributed by atoms with Crippen molar-refractivity contribution in [3.05, 3.63) is 46.2 Å². The van der Waals surface area contributed by atoms with Crippen LogP contribution in [0.15, 0.2) is 35.3 Å². The van der Waals surface area contributed by atoms with Gasteiger partial charge in [-0.2, -0.15) is 0 Å². The number of guanidine groups is 1. The predicted molar refractivity (Wildman–Crippen MR) is 87.4 cm³/mol. The maximum atomic E-state index is 6.00. The van der Waals surface area contributed by atoms with Gasteiger partial charge in [0.2, 0.25) is 0 Å². The molecule has 5 nitrogen and oxygen atoms in total. The number of hydrogen-bond acceptors (Lipinski definition) is 2. The summed E-state index contributed by atoms with van der Waals surface area (Å²) < 4.78 is 6.91. The van der Waals surface area contributed by atoms with Crippen LogP contribution in [0.25, 0.3) is 0 Å². The summed E-state index contributed by atoms with van der Waals surface area (Å²) in [6.07, 6.45) is 0. The minimum atomic E-state index is 0.302.